The molecule has 0 spiro atoms. The number of fused-ring (bicyclic) bond motifs is 1. The molecule has 1 aliphatic rings. The number of piperazine rings is 1. The molecular weight excluding hydrogens is 311 g/mol. The van der Waals surface area contributed by atoms with E-state index in [4.69, 9.17) is 16.0 Å². The van der Waals surface area contributed by atoms with Gasteiger partial charge in [-0.05, 0) is 19.9 Å². The number of furan rings is 1. The summed E-state index contributed by atoms with van der Waals surface area (Å²) in [5, 5.41) is 4.72. The van der Waals surface area contributed by atoms with Gasteiger partial charge in [0, 0.05) is 36.6 Å². The van der Waals surface area contributed by atoms with Crippen molar-refractivity contribution in [2.75, 3.05) is 19.6 Å². The number of carbonyl (C=O) groups excluding carboxylic acids is 1. The van der Waals surface area contributed by atoms with Gasteiger partial charge in [0.15, 0.2) is 11.3 Å². The van der Waals surface area contributed by atoms with Gasteiger partial charge in [0.05, 0.1) is 5.02 Å². The van der Waals surface area contributed by atoms with Crippen molar-refractivity contribution in [1.29, 1.82) is 0 Å². The predicted molar refractivity (Wildman–Crippen MR) is 86.6 cm³/mol. The lowest BCUT2D eigenvalue weighted by atomic mass is 10.1. The Kier molecular flexibility index (Phi) is 4.81. The second kappa shape index (κ2) is 6.26. The van der Waals surface area contributed by atoms with E-state index in [2.05, 4.69) is 5.32 Å². The van der Waals surface area contributed by atoms with Gasteiger partial charge in [0.1, 0.15) is 0 Å². The van der Waals surface area contributed by atoms with E-state index >= 15 is 0 Å². The lowest BCUT2D eigenvalue weighted by Gasteiger charge is -2.33. The first-order valence-corrected chi connectivity index (χ1v) is 7.16. The fourth-order valence-corrected chi connectivity index (χ4v) is 2.90. The number of aryl methyl sites for hydroxylation is 1. The van der Waals surface area contributed by atoms with Crippen molar-refractivity contribution in [2.24, 2.45) is 0 Å². The Morgan fingerprint density at radius 3 is 2.90 bits per heavy atom. The number of hydrogen-bond donors (Lipinski definition) is 1. The van der Waals surface area contributed by atoms with Gasteiger partial charge >= 0.3 is 0 Å². The maximum Gasteiger partial charge on any atom is 0.290 e. The second-order valence-electron chi connectivity index (χ2n) is 5.22. The maximum absolute atomic E-state index is 12.7. The van der Waals surface area contributed by atoms with Crippen LogP contribution in [0.4, 0.5) is 0 Å². The third-order valence-corrected chi connectivity index (χ3v) is 4.17. The van der Waals surface area contributed by atoms with Crippen molar-refractivity contribution < 1.29 is 9.21 Å². The van der Waals surface area contributed by atoms with Gasteiger partial charge in [-0.25, -0.2) is 0 Å². The second-order valence-corrected chi connectivity index (χ2v) is 5.63. The van der Waals surface area contributed by atoms with Crippen LogP contribution in [-0.2, 0) is 0 Å². The summed E-state index contributed by atoms with van der Waals surface area (Å²) in [7, 11) is 0. The minimum atomic E-state index is -0.0521. The van der Waals surface area contributed by atoms with E-state index in [-0.39, 0.29) is 24.4 Å². The summed E-state index contributed by atoms with van der Waals surface area (Å²) in [5.74, 6) is 0.352. The summed E-state index contributed by atoms with van der Waals surface area (Å²) >= 11 is 6.13. The van der Waals surface area contributed by atoms with Crippen LogP contribution in [0.25, 0.3) is 11.0 Å². The highest BCUT2D eigenvalue weighted by atomic mass is 35.5. The SMILES string of the molecule is Cc1c(C(=O)N2CCNC[C@@H]2C)oc2c(Cl)cccc12.Cl. The number of amides is 1. The standard InChI is InChI=1S/C15H17ClN2O2.ClH/c1-9-8-17-6-7-18(9)15(19)13-10(2)11-4-3-5-12(16)14(11)20-13;/h3-5,9,17H,6-8H2,1-2H3;1H/t9-;/m0./s1. The molecule has 21 heavy (non-hydrogen) atoms. The normalized spacial score (nSPS) is 18.6. The molecule has 1 saturated heterocycles. The van der Waals surface area contributed by atoms with E-state index in [1.54, 1.807) is 6.07 Å². The zero-order valence-electron chi connectivity index (χ0n) is 12.0. The van der Waals surface area contributed by atoms with Gasteiger partial charge < -0.3 is 14.6 Å². The third kappa shape index (κ3) is 2.76. The topological polar surface area (TPSA) is 45.5 Å². The Bertz CT molecular complexity index is 669. The van der Waals surface area contributed by atoms with Crippen molar-refractivity contribution in [3.8, 4) is 0 Å². The summed E-state index contributed by atoms with van der Waals surface area (Å²) in [4.78, 5) is 14.5. The molecule has 1 fully saturated rings. The van der Waals surface area contributed by atoms with E-state index in [0.29, 0.717) is 22.9 Å². The first-order valence-electron chi connectivity index (χ1n) is 6.79. The molecule has 6 heteroatoms. The van der Waals surface area contributed by atoms with Crippen LogP contribution < -0.4 is 5.32 Å². The Hall–Kier alpha value is -1.23. The largest absolute Gasteiger partial charge is 0.449 e. The molecule has 1 amide bonds. The van der Waals surface area contributed by atoms with Crippen molar-refractivity contribution in [3.63, 3.8) is 0 Å². The molecular formula is C15H18Cl2N2O2. The summed E-state index contributed by atoms with van der Waals surface area (Å²) in [6.45, 7) is 6.27. The summed E-state index contributed by atoms with van der Waals surface area (Å²) < 4.78 is 5.75. The number of para-hydroxylation sites is 1. The van der Waals surface area contributed by atoms with Gasteiger partial charge in [0.25, 0.3) is 5.91 Å². The van der Waals surface area contributed by atoms with Crippen LogP contribution in [0.3, 0.4) is 0 Å². The van der Waals surface area contributed by atoms with E-state index < -0.39 is 0 Å². The highest BCUT2D eigenvalue weighted by Crippen LogP contribution is 2.31. The highest BCUT2D eigenvalue weighted by molar-refractivity contribution is 6.35. The van der Waals surface area contributed by atoms with E-state index in [0.717, 1.165) is 24.0 Å². The minimum Gasteiger partial charge on any atom is -0.449 e. The average Bonchev–Trinajstić information content (AvgIpc) is 2.78. The molecule has 3 rings (SSSR count). The summed E-state index contributed by atoms with van der Waals surface area (Å²) in [6.07, 6.45) is 0. The number of nitrogens with one attached hydrogen (secondary N) is 1. The third-order valence-electron chi connectivity index (χ3n) is 3.87. The monoisotopic (exact) mass is 328 g/mol. The molecule has 0 bridgehead atoms. The van der Waals surface area contributed by atoms with Crippen LogP contribution in [0.1, 0.15) is 23.0 Å². The zero-order valence-corrected chi connectivity index (χ0v) is 13.6. The number of rotatable bonds is 1. The van der Waals surface area contributed by atoms with Gasteiger partial charge in [0.2, 0.25) is 0 Å². The Morgan fingerprint density at radius 2 is 2.24 bits per heavy atom. The number of halogens is 2. The molecule has 1 aliphatic heterocycles. The van der Waals surface area contributed by atoms with Crippen LogP contribution in [0.15, 0.2) is 22.6 Å². The molecule has 4 nitrogen and oxygen atoms in total. The van der Waals surface area contributed by atoms with Crippen LogP contribution in [-0.4, -0.2) is 36.5 Å². The van der Waals surface area contributed by atoms with Gasteiger partial charge in [-0.3, -0.25) is 4.79 Å². The zero-order chi connectivity index (χ0) is 14.3. The van der Waals surface area contributed by atoms with Crippen LogP contribution >= 0.6 is 24.0 Å². The Balaban J connectivity index is 0.00000161. The molecule has 1 aromatic carbocycles. The number of benzene rings is 1. The first-order chi connectivity index (χ1) is 9.59. The smallest absolute Gasteiger partial charge is 0.290 e. The van der Waals surface area contributed by atoms with Crippen LogP contribution in [0.2, 0.25) is 5.02 Å². The summed E-state index contributed by atoms with van der Waals surface area (Å²) in [6, 6.07) is 5.74. The minimum absolute atomic E-state index is 0. The maximum atomic E-state index is 12.7. The molecule has 0 aliphatic carbocycles. The van der Waals surface area contributed by atoms with Crippen molar-refractivity contribution in [1.82, 2.24) is 10.2 Å². The van der Waals surface area contributed by atoms with E-state index in [9.17, 15) is 4.79 Å². The molecule has 0 saturated carbocycles. The average molecular weight is 329 g/mol. The molecule has 1 N–H and O–H groups in total. The first kappa shape index (κ1) is 16.1. The number of carbonyl (C=O) groups is 1. The Morgan fingerprint density at radius 1 is 1.48 bits per heavy atom. The fourth-order valence-electron chi connectivity index (χ4n) is 2.69. The number of nitrogens with zero attached hydrogens (tertiary/aromatic N) is 1. The molecule has 2 heterocycles. The highest BCUT2D eigenvalue weighted by Gasteiger charge is 2.28. The lowest BCUT2D eigenvalue weighted by molar-refractivity contribution is 0.0624. The molecule has 2 aromatic rings. The molecule has 1 atom stereocenters. The van der Waals surface area contributed by atoms with Crippen molar-refractivity contribution in [2.45, 2.75) is 19.9 Å². The van der Waals surface area contributed by atoms with Crippen LogP contribution in [0.5, 0.6) is 0 Å². The van der Waals surface area contributed by atoms with Crippen molar-refractivity contribution in [3.05, 3.63) is 34.5 Å². The number of hydrogen-bond acceptors (Lipinski definition) is 3. The molecule has 0 radical (unpaired) electrons. The van der Waals surface area contributed by atoms with Gasteiger partial charge in [-0.2, -0.15) is 0 Å². The van der Waals surface area contributed by atoms with E-state index in [1.165, 1.54) is 0 Å². The lowest BCUT2D eigenvalue weighted by Crippen LogP contribution is -2.52. The van der Waals surface area contributed by atoms with Gasteiger partial charge in [-0.1, -0.05) is 23.7 Å². The summed E-state index contributed by atoms with van der Waals surface area (Å²) in [5.41, 5.74) is 1.45. The van der Waals surface area contributed by atoms with E-state index in [1.807, 2.05) is 30.9 Å². The molecule has 114 valence electrons. The molecule has 1 aromatic heterocycles. The van der Waals surface area contributed by atoms with Crippen molar-refractivity contribution >= 4 is 40.9 Å². The predicted octanol–water partition coefficient (Wildman–Crippen LogP) is 3.25. The molecule has 0 unspecified atom stereocenters. The fraction of sp³-hybridized carbons (Fsp3) is 0.400. The van der Waals surface area contributed by atoms with Crippen LogP contribution in [0, 0.1) is 6.92 Å². The van der Waals surface area contributed by atoms with Gasteiger partial charge in [-0.15, -0.1) is 12.4 Å². The Labute approximate surface area is 134 Å². The quantitative estimate of drug-likeness (QED) is 0.874.